The number of hydrogen-bond donors (Lipinski definition) is 2. The third kappa shape index (κ3) is 4.39. The molecule has 40 heavy (non-hydrogen) atoms. The Morgan fingerprint density at radius 1 is 1.20 bits per heavy atom. The molecule has 4 heterocycles. The second-order valence-electron chi connectivity index (χ2n) is 10.1. The van der Waals surface area contributed by atoms with E-state index in [-0.39, 0.29) is 58.4 Å². The van der Waals surface area contributed by atoms with Gasteiger partial charge in [0.1, 0.15) is 46.5 Å². The van der Waals surface area contributed by atoms with E-state index in [4.69, 9.17) is 10.5 Å². The summed E-state index contributed by atoms with van der Waals surface area (Å²) in [5, 5.41) is 3.23. The number of anilines is 2. The zero-order valence-corrected chi connectivity index (χ0v) is 22.9. The van der Waals surface area contributed by atoms with E-state index in [0.717, 1.165) is 18.6 Å². The Kier molecular flexibility index (Phi) is 6.13. The predicted octanol–water partition coefficient (Wildman–Crippen LogP) is 4.29. The monoisotopic (exact) mass is 617 g/mol. The first-order valence-electron chi connectivity index (χ1n) is 12.4. The number of rotatable bonds is 5. The van der Waals surface area contributed by atoms with Crippen molar-refractivity contribution in [2.45, 2.75) is 44.6 Å². The Hall–Kier alpha value is -3.94. The molecule has 2 fully saturated rings. The van der Waals surface area contributed by atoms with E-state index in [2.05, 4.69) is 36.2 Å². The average Bonchev–Trinajstić information content (AvgIpc) is 3.42. The highest BCUT2D eigenvalue weighted by Crippen LogP contribution is 2.48. The normalized spacial score (nSPS) is 20.1. The lowest BCUT2D eigenvalue weighted by molar-refractivity contribution is -0.138. The number of carbonyl (C=O) groups is 2. The minimum Gasteiger partial charge on any atom is -0.497 e. The highest BCUT2D eigenvalue weighted by Gasteiger charge is 2.56. The Morgan fingerprint density at radius 2 is 1.98 bits per heavy atom. The number of carbonyl (C=O) groups excluding carboxylic acids is 2. The molecule has 4 aromatic rings. The fourth-order valence-corrected chi connectivity index (χ4v) is 6.15. The number of piperidine rings is 1. The van der Waals surface area contributed by atoms with Gasteiger partial charge in [-0.3, -0.25) is 9.59 Å². The summed E-state index contributed by atoms with van der Waals surface area (Å²) in [6, 6.07) is 4.46. The molecule has 2 aliphatic rings. The molecular formula is C26H23BrF3N7O3. The van der Waals surface area contributed by atoms with E-state index < -0.39 is 17.8 Å². The fraction of sp³-hybridized carbons (Fsp3) is 0.346. The fourth-order valence-electron chi connectivity index (χ4n) is 5.74. The lowest BCUT2D eigenvalue weighted by Crippen LogP contribution is -2.46. The van der Waals surface area contributed by atoms with Crippen LogP contribution >= 0.6 is 15.9 Å². The van der Waals surface area contributed by atoms with Crippen LogP contribution in [0.3, 0.4) is 0 Å². The van der Waals surface area contributed by atoms with Crippen LogP contribution in [0.25, 0.3) is 21.9 Å². The summed E-state index contributed by atoms with van der Waals surface area (Å²) in [4.78, 5) is 41.2. The molecule has 208 valence electrons. The van der Waals surface area contributed by atoms with Gasteiger partial charge in [-0.15, -0.1) is 0 Å². The number of amides is 2. The topological polar surface area (TPSA) is 128 Å². The van der Waals surface area contributed by atoms with Crippen LogP contribution in [0.15, 0.2) is 35.2 Å². The standard InChI is InChI=1S/C26H23BrF3N7O3/c1-11-3-13(26(28,29)30)6-15-21-23(31)32-10-33-24(21)36(22(11)15)9-20(38)37-16-4-12(16)5-17(37)25(39)35-19-8-14(40-2)7-18(27)34-19/h3,6-8,10,12,16-17H,4-5,9H2,1-2H3,(H2,31,32,33)(H,34,35,39)/t12?,16-,17+/m1/s1. The van der Waals surface area contributed by atoms with Gasteiger partial charge in [0.05, 0.1) is 23.6 Å². The van der Waals surface area contributed by atoms with Crippen LogP contribution in [0.5, 0.6) is 5.75 Å². The van der Waals surface area contributed by atoms with Gasteiger partial charge in [0, 0.05) is 23.6 Å². The van der Waals surface area contributed by atoms with Crippen molar-refractivity contribution in [3.05, 3.63) is 46.3 Å². The molecule has 6 rings (SSSR count). The average molecular weight is 618 g/mol. The number of ether oxygens (including phenoxy) is 1. The van der Waals surface area contributed by atoms with Gasteiger partial charge in [0.15, 0.2) is 0 Å². The van der Waals surface area contributed by atoms with Gasteiger partial charge in [0.25, 0.3) is 0 Å². The highest BCUT2D eigenvalue weighted by molar-refractivity contribution is 9.10. The van der Waals surface area contributed by atoms with Crippen LogP contribution in [0, 0.1) is 12.8 Å². The number of nitrogens with one attached hydrogen (secondary N) is 1. The van der Waals surface area contributed by atoms with Crippen molar-refractivity contribution < 1.29 is 27.5 Å². The molecule has 1 aromatic carbocycles. The van der Waals surface area contributed by atoms with Gasteiger partial charge in [-0.05, 0) is 59.3 Å². The minimum atomic E-state index is -4.57. The minimum absolute atomic E-state index is 0.0116. The molecule has 3 atom stereocenters. The van der Waals surface area contributed by atoms with E-state index in [1.165, 1.54) is 13.4 Å². The number of nitrogens with two attached hydrogens (primary N) is 1. The van der Waals surface area contributed by atoms with Crippen molar-refractivity contribution >= 4 is 61.3 Å². The summed E-state index contributed by atoms with van der Waals surface area (Å²) < 4.78 is 48.1. The molecule has 0 bridgehead atoms. The van der Waals surface area contributed by atoms with Crippen LogP contribution in [0.1, 0.15) is 24.0 Å². The quantitative estimate of drug-likeness (QED) is 0.320. The number of halogens is 4. The van der Waals surface area contributed by atoms with E-state index in [0.29, 0.717) is 27.9 Å². The van der Waals surface area contributed by atoms with Crippen molar-refractivity contribution in [2.24, 2.45) is 5.92 Å². The summed E-state index contributed by atoms with van der Waals surface area (Å²) >= 11 is 3.29. The van der Waals surface area contributed by atoms with Crippen molar-refractivity contribution in [3.8, 4) is 5.75 Å². The number of methoxy groups -OCH3 is 1. The third-order valence-electron chi connectivity index (χ3n) is 7.52. The first-order chi connectivity index (χ1) is 19.0. The van der Waals surface area contributed by atoms with Crippen molar-refractivity contribution in [1.82, 2.24) is 24.4 Å². The number of alkyl halides is 3. The third-order valence-corrected chi connectivity index (χ3v) is 7.93. The van der Waals surface area contributed by atoms with Crippen molar-refractivity contribution in [3.63, 3.8) is 0 Å². The zero-order chi connectivity index (χ0) is 28.5. The maximum Gasteiger partial charge on any atom is 0.416 e. The molecule has 1 aliphatic carbocycles. The second-order valence-corrected chi connectivity index (χ2v) is 10.9. The predicted molar refractivity (Wildman–Crippen MR) is 143 cm³/mol. The molecule has 1 unspecified atom stereocenters. The second kappa shape index (κ2) is 9.32. The van der Waals surface area contributed by atoms with Crippen LogP contribution in [0.4, 0.5) is 24.8 Å². The number of fused-ring (bicyclic) bond motifs is 4. The first-order valence-corrected chi connectivity index (χ1v) is 13.2. The molecule has 0 spiro atoms. The van der Waals surface area contributed by atoms with Crippen LogP contribution in [-0.2, 0) is 22.3 Å². The molecule has 2 amide bonds. The van der Waals surface area contributed by atoms with E-state index >= 15 is 0 Å². The Labute approximate surface area is 233 Å². The Balaban J connectivity index is 1.35. The number of benzene rings is 1. The largest absolute Gasteiger partial charge is 0.497 e. The van der Waals surface area contributed by atoms with E-state index in [1.54, 1.807) is 28.5 Å². The Bertz CT molecular complexity index is 1710. The van der Waals surface area contributed by atoms with Crippen LogP contribution in [0.2, 0.25) is 0 Å². The van der Waals surface area contributed by atoms with Gasteiger partial charge in [0.2, 0.25) is 11.8 Å². The number of nitrogen functional groups attached to an aromatic ring is 1. The molecule has 1 saturated carbocycles. The number of pyridine rings is 1. The summed E-state index contributed by atoms with van der Waals surface area (Å²) in [7, 11) is 1.50. The molecule has 1 aliphatic heterocycles. The van der Waals surface area contributed by atoms with Gasteiger partial charge >= 0.3 is 6.18 Å². The van der Waals surface area contributed by atoms with Crippen molar-refractivity contribution in [2.75, 3.05) is 18.2 Å². The first kappa shape index (κ1) is 26.3. The van der Waals surface area contributed by atoms with Gasteiger partial charge < -0.3 is 25.3 Å². The Morgan fingerprint density at radius 3 is 2.70 bits per heavy atom. The van der Waals surface area contributed by atoms with Gasteiger partial charge in [-0.2, -0.15) is 13.2 Å². The zero-order valence-electron chi connectivity index (χ0n) is 21.3. The molecular weight excluding hydrogens is 595 g/mol. The SMILES string of the molecule is COc1cc(Br)nc(NC(=O)[C@@H]2CC3C[C@H]3N2C(=O)Cn2c3ncnc(N)c3c3cc(C(F)(F)F)cc(C)c32)c1. The lowest BCUT2D eigenvalue weighted by Gasteiger charge is -2.27. The van der Waals surface area contributed by atoms with E-state index in [1.807, 2.05) is 0 Å². The summed E-state index contributed by atoms with van der Waals surface area (Å²) in [6.07, 6.45) is -2.07. The summed E-state index contributed by atoms with van der Waals surface area (Å²) in [5.41, 5.74) is 6.21. The molecule has 3 N–H and O–H groups in total. The van der Waals surface area contributed by atoms with Gasteiger partial charge in [-0.1, -0.05) is 0 Å². The highest BCUT2D eigenvalue weighted by atomic mass is 79.9. The molecule has 1 saturated heterocycles. The number of aryl methyl sites for hydroxylation is 1. The number of hydrogen-bond acceptors (Lipinski definition) is 7. The molecule has 0 radical (unpaired) electrons. The molecule has 3 aromatic heterocycles. The summed E-state index contributed by atoms with van der Waals surface area (Å²) in [6.45, 7) is 1.31. The van der Waals surface area contributed by atoms with E-state index in [9.17, 15) is 22.8 Å². The molecule has 14 heteroatoms. The smallest absolute Gasteiger partial charge is 0.416 e. The van der Waals surface area contributed by atoms with Gasteiger partial charge in [-0.25, -0.2) is 15.0 Å². The number of likely N-dealkylation sites (tertiary alicyclic amines) is 1. The number of nitrogens with zero attached hydrogens (tertiary/aromatic N) is 5. The number of aromatic nitrogens is 4. The van der Waals surface area contributed by atoms with Crippen LogP contribution in [-0.4, -0.2) is 55.4 Å². The lowest BCUT2D eigenvalue weighted by atomic mass is 10.1. The van der Waals surface area contributed by atoms with Crippen LogP contribution < -0.4 is 15.8 Å². The molecule has 10 nitrogen and oxygen atoms in total. The maximum atomic E-state index is 13.8. The van der Waals surface area contributed by atoms with Crippen molar-refractivity contribution in [1.29, 1.82) is 0 Å². The summed E-state index contributed by atoms with van der Waals surface area (Å²) in [5.74, 6) is 0.258. The maximum absolute atomic E-state index is 13.8.